The Bertz CT molecular complexity index is 665. The molecule has 0 aliphatic heterocycles. The van der Waals surface area contributed by atoms with E-state index in [4.69, 9.17) is 0 Å². The van der Waals surface area contributed by atoms with Gasteiger partial charge in [-0.25, -0.2) is 13.2 Å². The Kier molecular flexibility index (Phi) is 4.32. The van der Waals surface area contributed by atoms with Gasteiger partial charge in [-0.3, -0.25) is 0 Å². The van der Waals surface area contributed by atoms with Crippen molar-refractivity contribution in [2.75, 3.05) is 0 Å². The number of rotatable bonds is 2. The second kappa shape index (κ2) is 5.71. The van der Waals surface area contributed by atoms with Crippen LogP contribution in [0.5, 0.6) is 0 Å². The number of hydrogen-bond acceptors (Lipinski definition) is 0. The average molecular weight is 369 g/mol. The molecule has 0 aromatic heterocycles. The van der Waals surface area contributed by atoms with Crippen LogP contribution in [0.2, 0.25) is 0 Å². The Morgan fingerprint density at radius 2 is 1.48 bits per heavy atom. The average Bonchev–Trinajstić information content (AvgIpc) is 2.37. The van der Waals surface area contributed by atoms with Crippen LogP contribution in [-0.2, 0) is 6.18 Å². The minimum Gasteiger partial charge on any atom is -0.207 e. The topological polar surface area (TPSA) is 0 Å². The third-order valence-electron chi connectivity index (χ3n) is 2.83. The molecule has 1 unspecified atom stereocenters. The van der Waals surface area contributed by atoms with Crippen molar-refractivity contribution in [1.82, 2.24) is 0 Å². The molecule has 0 amide bonds. The molecule has 0 saturated carbocycles. The van der Waals surface area contributed by atoms with Crippen LogP contribution in [0.15, 0.2) is 36.4 Å². The minimum absolute atomic E-state index is 0.158. The molecule has 7 heteroatoms. The van der Waals surface area contributed by atoms with Gasteiger partial charge in [0.05, 0.1) is 10.4 Å². The van der Waals surface area contributed by atoms with Gasteiger partial charge in [0, 0.05) is 17.2 Å². The third kappa shape index (κ3) is 3.40. The number of halogens is 7. The lowest BCUT2D eigenvalue weighted by Crippen LogP contribution is -2.08. The predicted octanol–water partition coefficient (Wildman–Crippen LogP) is 5.61. The van der Waals surface area contributed by atoms with Crippen LogP contribution in [-0.4, -0.2) is 0 Å². The van der Waals surface area contributed by atoms with Crippen molar-refractivity contribution in [3.8, 4) is 0 Å². The lowest BCUT2D eigenvalue weighted by Gasteiger charge is -2.15. The summed E-state index contributed by atoms with van der Waals surface area (Å²) in [6.07, 6.45) is -4.64. The van der Waals surface area contributed by atoms with E-state index in [1.807, 2.05) is 0 Å². The first kappa shape index (κ1) is 15.9. The summed E-state index contributed by atoms with van der Waals surface area (Å²) in [5.74, 6) is -2.73. The zero-order valence-electron chi connectivity index (χ0n) is 10.2. The van der Waals surface area contributed by atoms with Gasteiger partial charge in [0.2, 0.25) is 0 Å². The Balaban J connectivity index is 2.50. The fourth-order valence-electron chi connectivity index (χ4n) is 1.79. The lowest BCUT2D eigenvalue weighted by atomic mass is 10.0. The smallest absolute Gasteiger partial charge is 0.207 e. The third-order valence-corrected chi connectivity index (χ3v) is 3.82. The van der Waals surface area contributed by atoms with E-state index in [-0.39, 0.29) is 11.1 Å². The standard InChI is InChI=1S/C14H7BrF6/c15-13(9-3-2-8(16)6-12(9)18)10-5-7(14(19,20)21)1-4-11(10)17/h1-6,13H. The molecule has 112 valence electrons. The predicted molar refractivity (Wildman–Crippen MR) is 68.5 cm³/mol. The van der Waals surface area contributed by atoms with E-state index in [9.17, 15) is 26.3 Å². The molecule has 0 heterocycles. The molecule has 0 fully saturated rings. The zero-order valence-corrected chi connectivity index (χ0v) is 11.8. The van der Waals surface area contributed by atoms with Crippen LogP contribution in [0.4, 0.5) is 26.3 Å². The van der Waals surface area contributed by atoms with Gasteiger partial charge in [-0.1, -0.05) is 22.0 Å². The molecule has 2 aromatic rings. The maximum Gasteiger partial charge on any atom is 0.416 e. The number of alkyl halides is 4. The second-order valence-corrected chi connectivity index (χ2v) is 5.18. The summed E-state index contributed by atoms with van der Waals surface area (Å²) in [5.41, 5.74) is -1.59. The second-order valence-electron chi connectivity index (χ2n) is 4.26. The molecule has 2 aromatic carbocycles. The van der Waals surface area contributed by atoms with E-state index in [0.29, 0.717) is 24.3 Å². The SMILES string of the molecule is Fc1ccc(C(Br)c2cc(C(F)(F)F)ccc2F)c(F)c1. The maximum atomic E-state index is 13.7. The molecule has 0 N–H and O–H groups in total. The highest BCUT2D eigenvalue weighted by molar-refractivity contribution is 9.09. The van der Waals surface area contributed by atoms with Crippen molar-refractivity contribution in [1.29, 1.82) is 0 Å². The Hall–Kier alpha value is -1.50. The van der Waals surface area contributed by atoms with Crippen LogP contribution >= 0.6 is 15.9 Å². The number of hydrogen-bond donors (Lipinski definition) is 0. The van der Waals surface area contributed by atoms with Crippen molar-refractivity contribution in [3.63, 3.8) is 0 Å². The summed E-state index contributed by atoms with van der Waals surface area (Å²) in [6, 6.07) is 4.42. The van der Waals surface area contributed by atoms with E-state index in [1.54, 1.807) is 0 Å². The maximum absolute atomic E-state index is 13.7. The first-order valence-electron chi connectivity index (χ1n) is 5.66. The molecule has 0 saturated heterocycles. The van der Waals surface area contributed by atoms with Crippen molar-refractivity contribution in [3.05, 3.63) is 70.5 Å². The quantitative estimate of drug-likeness (QED) is 0.477. The van der Waals surface area contributed by atoms with Gasteiger partial charge in [-0.05, 0) is 24.3 Å². The van der Waals surface area contributed by atoms with Gasteiger partial charge in [-0.15, -0.1) is 0 Å². The van der Waals surface area contributed by atoms with E-state index in [0.717, 1.165) is 12.1 Å². The van der Waals surface area contributed by atoms with Crippen LogP contribution in [0, 0.1) is 17.5 Å². The fraction of sp³-hybridized carbons (Fsp3) is 0.143. The van der Waals surface area contributed by atoms with E-state index in [1.165, 1.54) is 0 Å². The van der Waals surface area contributed by atoms with Gasteiger partial charge < -0.3 is 0 Å². The van der Waals surface area contributed by atoms with Gasteiger partial charge >= 0.3 is 6.18 Å². The molecule has 0 radical (unpaired) electrons. The first-order valence-corrected chi connectivity index (χ1v) is 6.57. The molecule has 0 bridgehead atoms. The largest absolute Gasteiger partial charge is 0.416 e. The summed E-state index contributed by atoms with van der Waals surface area (Å²) < 4.78 is 78.1. The molecule has 0 aliphatic rings. The minimum atomic E-state index is -4.64. The highest BCUT2D eigenvalue weighted by atomic mass is 79.9. The Morgan fingerprint density at radius 3 is 2.05 bits per heavy atom. The monoisotopic (exact) mass is 368 g/mol. The summed E-state index contributed by atoms with van der Waals surface area (Å²) in [4.78, 5) is -1.17. The summed E-state index contributed by atoms with van der Waals surface area (Å²) in [5, 5.41) is 0. The highest BCUT2D eigenvalue weighted by Crippen LogP contribution is 2.37. The molecule has 21 heavy (non-hydrogen) atoms. The molecule has 2 rings (SSSR count). The molecular formula is C14H7BrF6. The van der Waals surface area contributed by atoms with Crippen molar-refractivity contribution in [2.45, 2.75) is 11.0 Å². The summed E-state index contributed by atoms with van der Waals surface area (Å²) in [6.45, 7) is 0. The van der Waals surface area contributed by atoms with E-state index in [2.05, 4.69) is 15.9 Å². The summed E-state index contributed by atoms with van der Waals surface area (Å²) >= 11 is 2.95. The van der Waals surface area contributed by atoms with Crippen molar-refractivity contribution >= 4 is 15.9 Å². The van der Waals surface area contributed by atoms with Gasteiger partial charge in [0.25, 0.3) is 0 Å². The lowest BCUT2D eigenvalue weighted by molar-refractivity contribution is -0.137. The van der Waals surface area contributed by atoms with Gasteiger partial charge in [-0.2, -0.15) is 13.2 Å². The van der Waals surface area contributed by atoms with Gasteiger partial charge in [0.1, 0.15) is 17.5 Å². The molecule has 0 nitrogen and oxygen atoms in total. The Morgan fingerprint density at radius 1 is 0.810 bits per heavy atom. The molecule has 0 spiro atoms. The normalized spacial score (nSPS) is 13.3. The molecule has 1 atom stereocenters. The van der Waals surface area contributed by atoms with Crippen LogP contribution in [0.1, 0.15) is 21.5 Å². The van der Waals surface area contributed by atoms with E-state index >= 15 is 0 Å². The van der Waals surface area contributed by atoms with Crippen molar-refractivity contribution in [2.24, 2.45) is 0 Å². The fourth-order valence-corrected chi connectivity index (χ4v) is 2.51. The molecular weight excluding hydrogens is 362 g/mol. The van der Waals surface area contributed by atoms with Crippen molar-refractivity contribution < 1.29 is 26.3 Å². The number of benzene rings is 2. The first-order chi connectivity index (χ1) is 9.70. The Labute approximate surface area is 124 Å². The van der Waals surface area contributed by atoms with Gasteiger partial charge in [0.15, 0.2) is 0 Å². The summed E-state index contributed by atoms with van der Waals surface area (Å²) in [7, 11) is 0. The van der Waals surface area contributed by atoms with E-state index < -0.39 is 34.0 Å². The molecule has 0 aliphatic carbocycles. The highest BCUT2D eigenvalue weighted by Gasteiger charge is 2.32. The van der Waals surface area contributed by atoms with Crippen LogP contribution in [0.25, 0.3) is 0 Å². The van der Waals surface area contributed by atoms with Crippen LogP contribution < -0.4 is 0 Å². The zero-order chi connectivity index (χ0) is 15.8. The van der Waals surface area contributed by atoms with Crippen LogP contribution in [0.3, 0.4) is 0 Å².